The van der Waals surface area contributed by atoms with Crippen molar-refractivity contribution >= 4 is 58.6 Å². The van der Waals surface area contributed by atoms with E-state index >= 15 is 0 Å². The average molecular weight is 541 g/mol. The summed E-state index contributed by atoms with van der Waals surface area (Å²) in [5.74, 6) is 1.56. The van der Waals surface area contributed by atoms with E-state index in [2.05, 4.69) is 20.7 Å². The van der Waals surface area contributed by atoms with Gasteiger partial charge < -0.3 is 4.74 Å². The highest BCUT2D eigenvalue weighted by Crippen LogP contribution is 2.30. The van der Waals surface area contributed by atoms with Crippen molar-refractivity contribution in [2.45, 2.75) is 21.0 Å². The van der Waals surface area contributed by atoms with Crippen molar-refractivity contribution < 1.29 is 9.53 Å². The molecule has 0 radical (unpaired) electrons. The van der Waals surface area contributed by atoms with Crippen molar-refractivity contribution in [3.8, 4) is 5.75 Å². The number of nitrogens with zero attached hydrogens (tertiary/aromatic N) is 3. The lowest BCUT2D eigenvalue weighted by Gasteiger charge is -2.06. The summed E-state index contributed by atoms with van der Waals surface area (Å²) in [4.78, 5) is 12.1. The van der Waals surface area contributed by atoms with Crippen LogP contribution in [0.2, 0.25) is 5.02 Å². The number of benzene rings is 3. The molecule has 4 rings (SSSR count). The van der Waals surface area contributed by atoms with E-state index in [0.717, 1.165) is 41.9 Å². The van der Waals surface area contributed by atoms with E-state index < -0.39 is 0 Å². The summed E-state index contributed by atoms with van der Waals surface area (Å²) in [6.07, 6.45) is 1.60. The summed E-state index contributed by atoms with van der Waals surface area (Å²) >= 11 is 10.3. The molecule has 0 aliphatic carbocycles. The minimum absolute atomic E-state index is 0.208. The van der Waals surface area contributed by atoms with Gasteiger partial charge in [0.1, 0.15) is 12.4 Å². The number of carbonyl (C=O) groups excluding carboxylic acids is 1. The molecule has 0 saturated heterocycles. The van der Waals surface area contributed by atoms with Gasteiger partial charge in [0.25, 0.3) is 5.91 Å². The van der Waals surface area contributed by atoms with Crippen LogP contribution < -0.4 is 10.2 Å². The fraction of sp³-hybridized carbons (Fsp3) is 0.120. The fourth-order valence-electron chi connectivity index (χ4n) is 2.77. The standard InChI is InChI=1S/C25H21ClN4O2S3/c26-21-10-6-20(7-11-21)16-33-24-29-30-25(35-24)34-17-23(31)28-27-14-18-8-12-22(13-9-18)32-15-19-4-2-1-3-5-19/h1-14H,15-17H2,(H,28,31). The molecular formula is C25H21ClN4O2S3. The number of hydrazone groups is 1. The molecule has 178 valence electrons. The number of rotatable bonds is 11. The number of hydrogen-bond donors (Lipinski definition) is 1. The Balaban J connectivity index is 1.15. The molecule has 0 aliphatic heterocycles. The van der Waals surface area contributed by atoms with Gasteiger partial charge in [-0.2, -0.15) is 5.10 Å². The predicted octanol–water partition coefficient (Wildman–Crippen LogP) is 6.31. The Morgan fingerprint density at radius 3 is 2.40 bits per heavy atom. The molecule has 1 N–H and O–H groups in total. The third kappa shape index (κ3) is 8.70. The van der Waals surface area contributed by atoms with Gasteiger partial charge in [0.15, 0.2) is 8.68 Å². The molecule has 0 unspecified atom stereocenters. The maximum absolute atomic E-state index is 12.1. The van der Waals surface area contributed by atoms with Gasteiger partial charge in [-0.1, -0.05) is 88.9 Å². The van der Waals surface area contributed by atoms with Crippen molar-refractivity contribution in [1.29, 1.82) is 0 Å². The monoisotopic (exact) mass is 540 g/mol. The molecule has 0 fully saturated rings. The first-order valence-corrected chi connectivity index (χ1v) is 13.7. The summed E-state index contributed by atoms with van der Waals surface area (Å²) in [6, 6.07) is 25.2. The van der Waals surface area contributed by atoms with E-state index in [9.17, 15) is 4.79 Å². The molecule has 0 saturated carbocycles. The zero-order valence-corrected chi connectivity index (χ0v) is 21.7. The van der Waals surface area contributed by atoms with E-state index in [1.807, 2.05) is 78.9 Å². The second-order valence-electron chi connectivity index (χ2n) is 7.17. The molecule has 1 aromatic heterocycles. The molecule has 6 nitrogen and oxygen atoms in total. The quantitative estimate of drug-likeness (QED) is 0.136. The molecule has 10 heteroatoms. The second-order valence-corrected chi connectivity index (χ2v) is 11.0. The molecule has 4 aromatic rings. The van der Waals surface area contributed by atoms with Crippen LogP contribution in [0.15, 0.2) is 92.6 Å². The minimum atomic E-state index is -0.209. The Morgan fingerprint density at radius 2 is 1.66 bits per heavy atom. The summed E-state index contributed by atoms with van der Waals surface area (Å²) in [5, 5.41) is 13.1. The number of thioether (sulfide) groups is 2. The van der Waals surface area contributed by atoms with Crippen LogP contribution in [0.25, 0.3) is 0 Å². The lowest BCUT2D eigenvalue weighted by molar-refractivity contribution is -0.118. The molecule has 35 heavy (non-hydrogen) atoms. The van der Waals surface area contributed by atoms with Gasteiger partial charge in [0, 0.05) is 10.8 Å². The van der Waals surface area contributed by atoms with Crippen molar-refractivity contribution in [3.63, 3.8) is 0 Å². The van der Waals surface area contributed by atoms with Crippen LogP contribution in [0.3, 0.4) is 0 Å². The first kappa shape index (κ1) is 25.2. The largest absolute Gasteiger partial charge is 0.489 e. The first-order chi connectivity index (χ1) is 17.1. The third-order valence-electron chi connectivity index (χ3n) is 4.52. The van der Waals surface area contributed by atoms with Crippen LogP contribution >= 0.6 is 46.5 Å². The number of hydrogen-bond acceptors (Lipinski definition) is 8. The lowest BCUT2D eigenvalue weighted by Crippen LogP contribution is -2.19. The Bertz CT molecular complexity index is 1250. The van der Waals surface area contributed by atoms with Crippen LogP contribution in [0.5, 0.6) is 5.75 Å². The van der Waals surface area contributed by atoms with Gasteiger partial charge in [-0.3, -0.25) is 4.79 Å². The number of halogens is 1. The Morgan fingerprint density at radius 1 is 0.943 bits per heavy atom. The molecule has 1 heterocycles. The fourth-order valence-corrected chi connectivity index (χ4v) is 5.66. The van der Waals surface area contributed by atoms with Crippen LogP contribution in [0, 0.1) is 0 Å². The SMILES string of the molecule is O=C(CSc1nnc(SCc2ccc(Cl)cc2)s1)NN=Cc1ccc(OCc2ccccc2)cc1. The maximum atomic E-state index is 12.1. The summed E-state index contributed by atoms with van der Waals surface area (Å²) < 4.78 is 7.38. The summed E-state index contributed by atoms with van der Waals surface area (Å²) in [5.41, 5.74) is 5.67. The van der Waals surface area contributed by atoms with Gasteiger partial charge in [-0.25, -0.2) is 5.43 Å². The van der Waals surface area contributed by atoms with Gasteiger partial charge in [0.05, 0.1) is 12.0 Å². The van der Waals surface area contributed by atoms with E-state index in [1.54, 1.807) is 18.0 Å². The highest BCUT2D eigenvalue weighted by molar-refractivity contribution is 8.03. The normalized spacial score (nSPS) is 11.0. The number of amides is 1. The van der Waals surface area contributed by atoms with Crippen molar-refractivity contribution in [3.05, 3.63) is 101 Å². The van der Waals surface area contributed by atoms with Crippen LogP contribution in [-0.4, -0.2) is 28.1 Å². The third-order valence-corrected chi connectivity index (χ3v) is 8.03. The second kappa shape index (κ2) is 13.3. The summed E-state index contributed by atoms with van der Waals surface area (Å²) in [7, 11) is 0. The van der Waals surface area contributed by atoms with Gasteiger partial charge in [0.2, 0.25) is 0 Å². The van der Waals surface area contributed by atoms with E-state index in [4.69, 9.17) is 16.3 Å². The van der Waals surface area contributed by atoms with Crippen molar-refractivity contribution in [2.75, 3.05) is 5.75 Å². The zero-order chi connectivity index (χ0) is 24.3. The van der Waals surface area contributed by atoms with Crippen LogP contribution in [-0.2, 0) is 17.2 Å². The Hall–Kier alpha value is -2.85. The topological polar surface area (TPSA) is 76.5 Å². The molecule has 0 atom stereocenters. The number of ether oxygens (including phenoxy) is 1. The number of carbonyl (C=O) groups is 1. The minimum Gasteiger partial charge on any atom is -0.489 e. The zero-order valence-electron chi connectivity index (χ0n) is 18.5. The van der Waals surface area contributed by atoms with Crippen LogP contribution in [0.1, 0.15) is 16.7 Å². The summed E-state index contributed by atoms with van der Waals surface area (Å²) in [6.45, 7) is 0.513. The number of aromatic nitrogens is 2. The lowest BCUT2D eigenvalue weighted by atomic mass is 10.2. The van der Waals surface area contributed by atoms with E-state index in [0.29, 0.717) is 6.61 Å². The van der Waals surface area contributed by atoms with Crippen molar-refractivity contribution in [2.24, 2.45) is 5.10 Å². The molecule has 0 spiro atoms. The molecule has 3 aromatic carbocycles. The van der Waals surface area contributed by atoms with Crippen molar-refractivity contribution in [1.82, 2.24) is 15.6 Å². The first-order valence-electron chi connectivity index (χ1n) is 10.6. The van der Waals surface area contributed by atoms with Gasteiger partial charge in [-0.05, 0) is 53.1 Å². The highest BCUT2D eigenvalue weighted by Gasteiger charge is 2.09. The van der Waals surface area contributed by atoms with E-state index in [-0.39, 0.29) is 11.7 Å². The predicted molar refractivity (Wildman–Crippen MR) is 145 cm³/mol. The maximum Gasteiger partial charge on any atom is 0.250 e. The molecule has 0 bridgehead atoms. The molecule has 1 amide bonds. The Labute approximate surface area is 221 Å². The van der Waals surface area contributed by atoms with Gasteiger partial charge in [-0.15, -0.1) is 10.2 Å². The van der Waals surface area contributed by atoms with E-state index in [1.165, 1.54) is 23.1 Å². The Kier molecular flexibility index (Phi) is 9.59. The van der Waals surface area contributed by atoms with Gasteiger partial charge >= 0.3 is 0 Å². The smallest absolute Gasteiger partial charge is 0.250 e. The number of nitrogens with one attached hydrogen (secondary N) is 1. The average Bonchev–Trinajstić information content (AvgIpc) is 3.35. The van der Waals surface area contributed by atoms with Crippen LogP contribution in [0.4, 0.5) is 0 Å². The highest BCUT2D eigenvalue weighted by atomic mass is 35.5. The molecule has 0 aliphatic rings. The molecular weight excluding hydrogens is 520 g/mol.